The summed E-state index contributed by atoms with van der Waals surface area (Å²) < 4.78 is 38.7. The van der Waals surface area contributed by atoms with Crippen LogP contribution in [0.25, 0.3) is 0 Å². The Morgan fingerprint density at radius 3 is 2.33 bits per heavy atom. The zero-order valence-corrected chi connectivity index (χ0v) is 14.6. The maximum absolute atomic E-state index is 12.9. The number of carbonyl (C=O) groups is 2. The van der Waals surface area contributed by atoms with Gasteiger partial charge < -0.3 is 9.80 Å². The van der Waals surface area contributed by atoms with E-state index in [4.69, 9.17) is 0 Å². The Kier molecular flexibility index (Phi) is 5.81. The Morgan fingerprint density at radius 1 is 1.25 bits per heavy atom. The minimum atomic E-state index is -4.44. The van der Waals surface area contributed by atoms with Gasteiger partial charge in [0.2, 0.25) is 11.8 Å². The van der Waals surface area contributed by atoms with Crippen molar-refractivity contribution in [3.8, 4) is 0 Å². The number of carbonyl (C=O) groups excluding carboxylic acids is 2. The predicted octanol–water partition coefficient (Wildman–Crippen LogP) is 3.21. The molecule has 4 nitrogen and oxygen atoms in total. The first-order valence-electron chi connectivity index (χ1n) is 8.77. The molecule has 1 aliphatic heterocycles. The SMILES string of the molecule is CC(C)[C@@H](C)N(CC(F)(F)F)C(=O)[C@@H]1CC(=O)N(C2CCCC2)C1. The van der Waals surface area contributed by atoms with Gasteiger partial charge in [0.05, 0.1) is 5.92 Å². The van der Waals surface area contributed by atoms with Crippen LogP contribution in [0.1, 0.15) is 52.9 Å². The number of hydrogen-bond acceptors (Lipinski definition) is 2. The van der Waals surface area contributed by atoms with Crippen molar-refractivity contribution >= 4 is 11.8 Å². The quantitative estimate of drug-likeness (QED) is 0.765. The van der Waals surface area contributed by atoms with Crippen LogP contribution in [0, 0.1) is 11.8 Å². The number of rotatable bonds is 5. The summed E-state index contributed by atoms with van der Waals surface area (Å²) in [6.45, 7) is 4.25. The van der Waals surface area contributed by atoms with Gasteiger partial charge in [-0.1, -0.05) is 26.7 Å². The maximum atomic E-state index is 12.9. The van der Waals surface area contributed by atoms with E-state index in [2.05, 4.69) is 0 Å². The molecule has 0 aromatic carbocycles. The first-order chi connectivity index (χ1) is 11.1. The Labute approximate surface area is 141 Å². The molecular formula is C17H27F3N2O2. The largest absolute Gasteiger partial charge is 0.406 e. The number of hydrogen-bond donors (Lipinski definition) is 0. The van der Waals surface area contributed by atoms with E-state index in [0.29, 0.717) is 0 Å². The van der Waals surface area contributed by atoms with Crippen molar-refractivity contribution in [3.63, 3.8) is 0 Å². The molecule has 1 saturated carbocycles. The molecule has 2 fully saturated rings. The van der Waals surface area contributed by atoms with Crippen molar-refractivity contribution in [3.05, 3.63) is 0 Å². The van der Waals surface area contributed by atoms with Gasteiger partial charge in [-0.15, -0.1) is 0 Å². The summed E-state index contributed by atoms with van der Waals surface area (Å²) in [6, 6.07) is -0.358. The van der Waals surface area contributed by atoms with Gasteiger partial charge in [-0.3, -0.25) is 9.59 Å². The summed E-state index contributed by atoms with van der Waals surface area (Å²) >= 11 is 0. The standard InChI is InChI=1S/C17H27F3N2O2/c1-11(2)12(3)22(10-17(18,19)20)16(24)13-8-15(23)21(9-13)14-6-4-5-7-14/h11-14H,4-10H2,1-3H3/t12-,13-/m1/s1. The summed E-state index contributed by atoms with van der Waals surface area (Å²) in [5.41, 5.74) is 0. The van der Waals surface area contributed by atoms with Crippen LogP contribution >= 0.6 is 0 Å². The van der Waals surface area contributed by atoms with Gasteiger partial charge in [-0.25, -0.2) is 0 Å². The van der Waals surface area contributed by atoms with Gasteiger partial charge in [-0.05, 0) is 25.7 Å². The van der Waals surface area contributed by atoms with Gasteiger partial charge in [0.25, 0.3) is 0 Å². The molecule has 2 atom stereocenters. The molecule has 1 aliphatic carbocycles. The van der Waals surface area contributed by atoms with E-state index >= 15 is 0 Å². The van der Waals surface area contributed by atoms with Gasteiger partial charge in [0.15, 0.2) is 0 Å². The number of amides is 2. The van der Waals surface area contributed by atoms with E-state index < -0.39 is 30.6 Å². The van der Waals surface area contributed by atoms with Crippen LogP contribution in [0.4, 0.5) is 13.2 Å². The Hall–Kier alpha value is -1.27. The molecule has 0 unspecified atom stereocenters. The molecule has 1 heterocycles. The number of nitrogens with zero attached hydrogens (tertiary/aromatic N) is 2. The van der Waals surface area contributed by atoms with Crippen LogP contribution in [0.2, 0.25) is 0 Å². The van der Waals surface area contributed by atoms with Crippen LogP contribution in [0.15, 0.2) is 0 Å². The van der Waals surface area contributed by atoms with E-state index in [0.717, 1.165) is 30.6 Å². The highest BCUT2D eigenvalue weighted by Crippen LogP contribution is 2.31. The molecule has 0 aromatic rings. The molecule has 7 heteroatoms. The maximum Gasteiger partial charge on any atom is 0.406 e. The molecule has 0 spiro atoms. The zero-order valence-electron chi connectivity index (χ0n) is 14.6. The third kappa shape index (κ3) is 4.42. The lowest BCUT2D eigenvalue weighted by molar-refractivity contribution is -0.169. The molecular weight excluding hydrogens is 321 g/mol. The Morgan fingerprint density at radius 2 is 1.83 bits per heavy atom. The molecule has 2 rings (SSSR count). The van der Waals surface area contributed by atoms with E-state index in [1.165, 1.54) is 0 Å². The van der Waals surface area contributed by atoms with E-state index in [-0.39, 0.29) is 30.8 Å². The van der Waals surface area contributed by atoms with E-state index in [1.807, 2.05) is 0 Å². The van der Waals surface area contributed by atoms with Crippen LogP contribution in [0.5, 0.6) is 0 Å². The first-order valence-corrected chi connectivity index (χ1v) is 8.77. The molecule has 0 radical (unpaired) electrons. The van der Waals surface area contributed by atoms with Crippen molar-refractivity contribution in [1.82, 2.24) is 9.80 Å². The van der Waals surface area contributed by atoms with Gasteiger partial charge in [0, 0.05) is 25.0 Å². The molecule has 2 aliphatic rings. The second-order valence-electron chi connectivity index (χ2n) is 7.45. The van der Waals surface area contributed by atoms with Crippen LogP contribution in [-0.2, 0) is 9.59 Å². The third-order valence-electron chi connectivity index (χ3n) is 5.36. The van der Waals surface area contributed by atoms with Crippen molar-refractivity contribution in [2.24, 2.45) is 11.8 Å². The summed E-state index contributed by atoms with van der Waals surface area (Å²) in [7, 11) is 0. The zero-order chi connectivity index (χ0) is 18.1. The smallest absolute Gasteiger partial charge is 0.339 e. The summed E-state index contributed by atoms with van der Waals surface area (Å²) in [4.78, 5) is 27.6. The molecule has 24 heavy (non-hydrogen) atoms. The monoisotopic (exact) mass is 348 g/mol. The van der Waals surface area contributed by atoms with Crippen molar-refractivity contribution in [2.45, 2.75) is 71.1 Å². The Balaban J connectivity index is 2.09. The summed E-state index contributed by atoms with van der Waals surface area (Å²) in [6.07, 6.45) is -0.404. The number of alkyl halides is 3. The lowest BCUT2D eigenvalue weighted by atomic mass is 10.0. The second-order valence-corrected chi connectivity index (χ2v) is 7.45. The molecule has 0 bridgehead atoms. The van der Waals surface area contributed by atoms with Gasteiger partial charge in [-0.2, -0.15) is 13.2 Å². The normalized spacial score (nSPS) is 24.0. The highest BCUT2D eigenvalue weighted by atomic mass is 19.4. The summed E-state index contributed by atoms with van der Waals surface area (Å²) in [5.74, 6) is -1.37. The van der Waals surface area contributed by atoms with Crippen molar-refractivity contribution in [1.29, 1.82) is 0 Å². The number of halogens is 3. The Bertz CT molecular complexity index is 473. The fourth-order valence-electron chi connectivity index (χ4n) is 3.68. The average molecular weight is 348 g/mol. The molecule has 0 N–H and O–H groups in total. The predicted molar refractivity (Wildman–Crippen MR) is 84.1 cm³/mol. The molecule has 2 amide bonds. The summed E-state index contributed by atoms with van der Waals surface area (Å²) in [5, 5.41) is 0. The van der Waals surface area contributed by atoms with Gasteiger partial charge >= 0.3 is 6.18 Å². The fraction of sp³-hybridized carbons (Fsp3) is 0.882. The highest BCUT2D eigenvalue weighted by Gasteiger charge is 2.43. The average Bonchev–Trinajstić information content (AvgIpc) is 3.11. The van der Waals surface area contributed by atoms with Crippen LogP contribution in [-0.4, -0.2) is 53.0 Å². The molecule has 0 aromatic heterocycles. The highest BCUT2D eigenvalue weighted by molar-refractivity contribution is 5.89. The minimum Gasteiger partial charge on any atom is -0.339 e. The lowest BCUT2D eigenvalue weighted by Crippen LogP contribution is -2.49. The topological polar surface area (TPSA) is 40.6 Å². The second kappa shape index (κ2) is 7.31. The minimum absolute atomic E-state index is 0.0362. The first kappa shape index (κ1) is 19.1. The third-order valence-corrected chi connectivity index (χ3v) is 5.36. The van der Waals surface area contributed by atoms with Crippen LogP contribution in [0.3, 0.4) is 0 Å². The fourth-order valence-corrected chi connectivity index (χ4v) is 3.68. The lowest BCUT2D eigenvalue weighted by Gasteiger charge is -2.34. The van der Waals surface area contributed by atoms with Crippen LogP contribution < -0.4 is 0 Å². The number of likely N-dealkylation sites (tertiary alicyclic amines) is 1. The molecule has 1 saturated heterocycles. The van der Waals surface area contributed by atoms with E-state index in [1.54, 1.807) is 25.7 Å². The van der Waals surface area contributed by atoms with Crippen molar-refractivity contribution in [2.75, 3.05) is 13.1 Å². The molecule has 138 valence electrons. The van der Waals surface area contributed by atoms with E-state index in [9.17, 15) is 22.8 Å². The van der Waals surface area contributed by atoms with Gasteiger partial charge in [0.1, 0.15) is 6.54 Å². The van der Waals surface area contributed by atoms with Crippen molar-refractivity contribution < 1.29 is 22.8 Å².